The second-order valence-electron chi connectivity index (χ2n) is 5.74. The van der Waals surface area contributed by atoms with E-state index in [1.54, 1.807) is 23.5 Å². The van der Waals surface area contributed by atoms with Crippen LogP contribution in [0.4, 0.5) is 5.69 Å². The molecule has 1 amide bonds. The van der Waals surface area contributed by atoms with Gasteiger partial charge in [-0.2, -0.15) is 0 Å². The smallest absolute Gasteiger partial charge is 0.230 e. The molecular formula is C16H21ClN2O4. The highest BCUT2D eigenvalue weighted by Gasteiger charge is 2.23. The Balaban J connectivity index is 1.89. The fraction of sp³-hybridized carbons (Fsp3) is 0.500. The van der Waals surface area contributed by atoms with E-state index in [9.17, 15) is 14.7 Å². The van der Waals surface area contributed by atoms with Crippen LogP contribution in [-0.2, 0) is 14.3 Å². The summed E-state index contributed by atoms with van der Waals surface area (Å²) in [5.74, 6) is -1.63. The van der Waals surface area contributed by atoms with Gasteiger partial charge in [-0.1, -0.05) is 17.7 Å². The molecule has 126 valence electrons. The number of amides is 1. The monoisotopic (exact) mass is 340 g/mol. The van der Waals surface area contributed by atoms with Gasteiger partial charge >= 0.3 is 0 Å². The van der Waals surface area contributed by atoms with Gasteiger partial charge in [0.1, 0.15) is 18.7 Å². The zero-order chi connectivity index (χ0) is 16.8. The molecule has 1 fully saturated rings. The van der Waals surface area contributed by atoms with Crippen LogP contribution < -0.4 is 15.7 Å². The number of benzene rings is 1. The number of rotatable bonds is 7. The maximum atomic E-state index is 12.1. The van der Waals surface area contributed by atoms with Gasteiger partial charge in [-0.3, -0.25) is 4.79 Å². The van der Waals surface area contributed by atoms with Crippen molar-refractivity contribution in [2.45, 2.75) is 38.3 Å². The second-order valence-corrected chi connectivity index (χ2v) is 6.18. The van der Waals surface area contributed by atoms with Crippen molar-refractivity contribution in [3.63, 3.8) is 0 Å². The van der Waals surface area contributed by atoms with Crippen LogP contribution in [0.5, 0.6) is 0 Å². The van der Waals surface area contributed by atoms with Crippen molar-refractivity contribution < 1.29 is 24.7 Å². The summed E-state index contributed by atoms with van der Waals surface area (Å²) in [6.07, 6.45) is 1.80. The molecule has 0 unspecified atom stereocenters. The van der Waals surface area contributed by atoms with Gasteiger partial charge in [-0.05, 0) is 37.5 Å². The molecule has 1 saturated heterocycles. The molecule has 23 heavy (non-hydrogen) atoms. The summed E-state index contributed by atoms with van der Waals surface area (Å²) in [5.41, 5.74) is 1.44. The fourth-order valence-electron chi connectivity index (χ4n) is 2.54. The Hall–Kier alpha value is -1.63. The van der Waals surface area contributed by atoms with Crippen molar-refractivity contribution in [1.82, 2.24) is 0 Å². The Labute approximate surface area is 140 Å². The Bertz CT molecular complexity index is 573. The first-order chi connectivity index (χ1) is 11.0. The molecule has 0 aromatic heterocycles. The molecule has 0 saturated carbocycles. The molecule has 1 aromatic carbocycles. The maximum absolute atomic E-state index is 12.1. The van der Waals surface area contributed by atoms with Crippen LogP contribution in [0.25, 0.3) is 0 Å². The summed E-state index contributed by atoms with van der Waals surface area (Å²) in [4.78, 5) is 23.3. The standard InChI is InChI=1S/C16H21ClN2O4/c1-10-4-5-11(17)7-13(10)19-15(20)8-14(16(21)22)18-9-12-3-2-6-23-12/h4-5,7,12,14,18H,2-3,6,8-9H2,1H3,(H,19,20)(H,21,22)/t12-,14-/m0/s1. The van der Waals surface area contributed by atoms with E-state index in [-0.39, 0.29) is 18.4 Å². The number of hydrogen-bond acceptors (Lipinski definition) is 4. The van der Waals surface area contributed by atoms with E-state index in [4.69, 9.17) is 16.3 Å². The van der Waals surface area contributed by atoms with Gasteiger partial charge in [-0.15, -0.1) is 0 Å². The van der Waals surface area contributed by atoms with Crippen molar-refractivity contribution >= 4 is 29.2 Å². The Morgan fingerprint density at radius 2 is 2.30 bits per heavy atom. The average molecular weight is 341 g/mol. The Morgan fingerprint density at radius 3 is 2.96 bits per heavy atom. The number of carbonyl (C=O) groups excluding carboxylic acids is 2. The van der Waals surface area contributed by atoms with Crippen LogP contribution in [0, 0.1) is 6.92 Å². The molecule has 2 rings (SSSR count). The van der Waals surface area contributed by atoms with E-state index in [2.05, 4.69) is 5.32 Å². The third kappa shape index (κ3) is 5.49. The average Bonchev–Trinajstić information content (AvgIpc) is 3.00. The number of nitrogens with two attached hydrogens (primary N) is 1. The summed E-state index contributed by atoms with van der Waals surface area (Å²) >= 11 is 5.90. The van der Waals surface area contributed by atoms with Gasteiger partial charge in [-0.25, -0.2) is 0 Å². The normalized spacial score (nSPS) is 18.6. The number of aliphatic carboxylic acids is 1. The van der Waals surface area contributed by atoms with Crippen molar-refractivity contribution in [2.24, 2.45) is 0 Å². The van der Waals surface area contributed by atoms with Gasteiger partial charge in [0.05, 0.1) is 12.4 Å². The summed E-state index contributed by atoms with van der Waals surface area (Å²) in [6, 6.07) is 4.22. The minimum absolute atomic E-state index is 0.0510. The van der Waals surface area contributed by atoms with E-state index < -0.39 is 12.0 Å². The number of carbonyl (C=O) groups is 2. The molecule has 2 atom stereocenters. The van der Waals surface area contributed by atoms with Crippen molar-refractivity contribution in [2.75, 3.05) is 18.5 Å². The number of quaternary nitrogens is 1. The topological polar surface area (TPSA) is 95.1 Å². The third-order valence-corrected chi connectivity index (χ3v) is 4.12. The maximum Gasteiger partial charge on any atom is 0.230 e. The van der Waals surface area contributed by atoms with E-state index in [1.807, 2.05) is 6.92 Å². The lowest BCUT2D eigenvalue weighted by Gasteiger charge is -2.18. The van der Waals surface area contributed by atoms with Gasteiger partial charge in [0.25, 0.3) is 0 Å². The minimum Gasteiger partial charge on any atom is -0.544 e. The van der Waals surface area contributed by atoms with E-state index in [0.717, 1.165) is 18.4 Å². The second kappa shape index (κ2) is 8.29. The first kappa shape index (κ1) is 17.7. The summed E-state index contributed by atoms with van der Waals surface area (Å²) in [6.45, 7) is 3.07. The Kier molecular flexibility index (Phi) is 6.38. The van der Waals surface area contributed by atoms with Gasteiger partial charge < -0.3 is 25.3 Å². The molecule has 1 heterocycles. The lowest BCUT2D eigenvalue weighted by molar-refractivity contribution is -0.687. The van der Waals surface area contributed by atoms with E-state index in [1.165, 1.54) is 0 Å². The molecule has 0 radical (unpaired) electrons. The number of anilines is 1. The van der Waals surface area contributed by atoms with Crippen LogP contribution in [0.15, 0.2) is 18.2 Å². The molecule has 3 N–H and O–H groups in total. The number of ether oxygens (including phenoxy) is 1. The van der Waals surface area contributed by atoms with Gasteiger partial charge in [0.2, 0.25) is 5.91 Å². The van der Waals surface area contributed by atoms with Crippen molar-refractivity contribution in [3.05, 3.63) is 28.8 Å². The molecule has 1 aromatic rings. The quantitative estimate of drug-likeness (QED) is 0.721. The van der Waals surface area contributed by atoms with Gasteiger partial charge in [0, 0.05) is 17.3 Å². The number of halogens is 1. The number of carboxylic acids is 1. The number of hydrogen-bond donors (Lipinski definition) is 2. The third-order valence-electron chi connectivity index (χ3n) is 3.89. The highest BCUT2D eigenvalue weighted by atomic mass is 35.5. The molecular weight excluding hydrogens is 320 g/mol. The van der Waals surface area contributed by atoms with E-state index >= 15 is 0 Å². The highest BCUT2D eigenvalue weighted by molar-refractivity contribution is 6.31. The largest absolute Gasteiger partial charge is 0.544 e. The zero-order valence-electron chi connectivity index (χ0n) is 13.0. The molecule has 6 nitrogen and oxygen atoms in total. The molecule has 0 spiro atoms. The van der Waals surface area contributed by atoms with Crippen LogP contribution in [-0.4, -0.2) is 37.2 Å². The van der Waals surface area contributed by atoms with Crippen LogP contribution in [0.2, 0.25) is 5.02 Å². The van der Waals surface area contributed by atoms with Crippen LogP contribution in [0.3, 0.4) is 0 Å². The molecule has 1 aliphatic heterocycles. The predicted molar refractivity (Wildman–Crippen MR) is 84.0 cm³/mol. The van der Waals surface area contributed by atoms with Crippen molar-refractivity contribution in [3.8, 4) is 0 Å². The molecule has 0 bridgehead atoms. The first-order valence-corrected chi connectivity index (χ1v) is 8.05. The Morgan fingerprint density at radius 1 is 1.52 bits per heavy atom. The van der Waals surface area contributed by atoms with Crippen molar-refractivity contribution in [1.29, 1.82) is 0 Å². The molecule has 1 aliphatic rings. The fourth-order valence-corrected chi connectivity index (χ4v) is 2.71. The molecule has 7 heteroatoms. The lowest BCUT2D eigenvalue weighted by Crippen LogP contribution is -2.94. The first-order valence-electron chi connectivity index (χ1n) is 7.67. The number of nitrogens with one attached hydrogen (secondary N) is 1. The number of aryl methyl sites for hydroxylation is 1. The number of carboxylic acid groups (broad SMARTS) is 1. The van der Waals surface area contributed by atoms with Crippen LogP contribution >= 0.6 is 11.6 Å². The highest BCUT2D eigenvalue weighted by Crippen LogP contribution is 2.20. The lowest BCUT2D eigenvalue weighted by atomic mass is 10.1. The van der Waals surface area contributed by atoms with E-state index in [0.29, 0.717) is 23.9 Å². The zero-order valence-corrected chi connectivity index (χ0v) is 13.8. The van der Waals surface area contributed by atoms with Gasteiger partial charge in [0.15, 0.2) is 0 Å². The predicted octanol–water partition coefficient (Wildman–Crippen LogP) is -0.162. The summed E-state index contributed by atoms with van der Waals surface area (Å²) < 4.78 is 5.45. The summed E-state index contributed by atoms with van der Waals surface area (Å²) in [5, 5.41) is 16.0. The molecule has 0 aliphatic carbocycles. The van der Waals surface area contributed by atoms with Crippen LogP contribution in [0.1, 0.15) is 24.8 Å². The summed E-state index contributed by atoms with van der Waals surface area (Å²) in [7, 11) is 0. The minimum atomic E-state index is -1.25. The SMILES string of the molecule is Cc1ccc(Cl)cc1NC(=O)C[C@H]([NH2+]C[C@@H]1CCCO1)C(=O)[O-].